The highest BCUT2D eigenvalue weighted by Crippen LogP contribution is 2.42. The molecule has 58 heteroatoms. The van der Waals surface area contributed by atoms with E-state index in [0.717, 1.165) is 27.7 Å². The number of ether oxygens (including phenoxy) is 21. The molecule has 58 nitrogen and oxygen atoms in total. The lowest BCUT2D eigenvalue weighted by atomic mass is 9.93. The van der Waals surface area contributed by atoms with Crippen molar-refractivity contribution in [2.24, 2.45) is 0 Å². The summed E-state index contributed by atoms with van der Waals surface area (Å²) in [4.78, 5) is 52.6. The zero-order valence-electron chi connectivity index (χ0n) is 71.3. The Kier molecular flexibility index (Phi) is 38.5. The van der Waals surface area contributed by atoms with Crippen LogP contribution in [0.25, 0.3) is 0 Å². The minimum Gasteiger partial charge on any atom is -0.394 e. The van der Waals surface area contributed by atoms with Crippen LogP contribution in [-0.4, -0.2) is 569 Å². The van der Waals surface area contributed by atoms with Crippen LogP contribution in [0.3, 0.4) is 0 Å². The molecule has 0 aliphatic carbocycles. The molecule has 0 saturated carbocycles. The van der Waals surface area contributed by atoms with Gasteiger partial charge in [-0.25, -0.2) is 0 Å². The summed E-state index contributed by atoms with van der Waals surface area (Å²) in [5.74, 6) is -3.90. The minimum absolute atomic E-state index is 0.861. The third kappa shape index (κ3) is 23.7. The summed E-state index contributed by atoms with van der Waals surface area (Å²) in [6.07, 6.45) is -108. The first-order chi connectivity index (χ1) is 62.4. The summed E-state index contributed by atoms with van der Waals surface area (Å²) < 4.78 is 127. The molecule has 0 spiro atoms. The molecule has 11 saturated heterocycles. The molecular formula is C74H124N4O54. The van der Waals surface area contributed by atoms with E-state index < -0.39 is 421 Å². The van der Waals surface area contributed by atoms with Crippen LogP contribution in [0.2, 0.25) is 0 Å². The van der Waals surface area contributed by atoms with Gasteiger partial charge >= 0.3 is 0 Å². The molecule has 0 bridgehead atoms. The zero-order chi connectivity index (χ0) is 97.1. The Labute approximate surface area is 748 Å². The molecular weight excluding hydrogens is 1810 g/mol. The lowest BCUT2D eigenvalue weighted by Crippen LogP contribution is -2.71. The van der Waals surface area contributed by atoms with E-state index in [4.69, 9.17) is 99.5 Å². The van der Waals surface area contributed by atoms with Gasteiger partial charge in [-0.1, -0.05) is 0 Å². The van der Waals surface area contributed by atoms with E-state index in [9.17, 15) is 167 Å². The van der Waals surface area contributed by atoms with Gasteiger partial charge in [-0.2, -0.15) is 0 Å². The van der Waals surface area contributed by atoms with E-state index in [1.807, 2.05) is 0 Å². The van der Waals surface area contributed by atoms with Crippen molar-refractivity contribution in [3.63, 3.8) is 0 Å². The number of carbonyl (C=O) groups is 4. The van der Waals surface area contributed by atoms with Gasteiger partial charge in [-0.05, 0) is 13.8 Å². The van der Waals surface area contributed by atoms with Gasteiger partial charge in [-0.3, -0.25) is 19.2 Å². The van der Waals surface area contributed by atoms with Crippen molar-refractivity contribution < 1.29 is 267 Å². The van der Waals surface area contributed by atoms with Crippen LogP contribution in [0.4, 0.5) is 0 Å². The Morgan fingerprint density at radius 2 is 0.492 bits per heavy atom. The number of rotatable bonds is 33. The molecule has 0 radical (unpaired) electrons. The van der Waals surface area contributed by atoms with E-state index in [1.54, 1.807) is 0 Å². The maximum Gasteiger partial charge on any atom is 0.217 e. The Morgan fingerprint density at radius 3 is 0.977 bits per heavy atom. The molecule has 0 unspecified atom stereocenters. The smallest absolute Gasteiger partial charge is 0.217 e. The average Bonchev–Trinajstić information content (AvgIpc) is 0.764. The fraction of sp³-hybridized carbons (Fsp3) is 0.946. The van der Waals surface area contributed by atoms with E-state index in [0.29, 0.717) is 0 Å². The first-order valence-electron chi connectivity index (χ1n) is 42.4. The van der Waals surface area contributed by atoms with E-state index in [-0.39, 0.29) is 0 Å². The van der Waals surface area contributed by atoms with Crippen molar-refractivity contribution in [3.05, 3.63) is 0 Å². The quantitative estimate of drug-likeness (QED) is 0.0290. The number of hydrogen-bond donors (Lipinski definition) is 33. The summed E-state index contributed by atoms with van der Waals surface area (Å²) in [5, 5.41) is 335. The normalized spacial score (nSPS) is 50.4. The van der Waals surface area contributed by atoms with Crippen molar-refractivity contribution in [1.82, 2.24) is 21.3 Å². The van der Waals surface area contributed by atoms with Gasteiger partial charge in [-0.15, -0.1) is 0 Å². The lowest BCUT2D eigenvalue weighted by molar-refractivity contribution is -0.400. The highest BCUT2D eigenvalue weighted by Gasteiger charge is 2.63. The van der Waals surface area contributed by atoms with Crippen LogP contribution in [0.15, 0.2) is 0 Å². The highest BCUT2D eigenvalue weighted by atomic mass is 16.8. The molecule has 55 atom stereocenters. The van der Waals surface area contributed by atoms with Crippen molar-refractivity contribution in [2.75, 3.05) is 59.5 Å². The van der Waals surface area contributed by atoms with Gasteiger partial charge in [0, 0.05) is 27.7 Å². The minimum atomic E-state index is -2.68. The molecule has 0 aromatic carbocycles. The molecule has 132 heavy (non-hydrogen) atoms. The second-order valence-electron chi connectivity index (χ2n) is 33.8. The van der Waals surface area contributed by atoms with Crippen LogP contribution in [0.1, 0.15) is 41.5 Å². The van der Waals surface area contributed by atoms with Gasteiger partial charge in [0.25, 0.3) is 0 Å². The molecule has 33 N–H and O–H groups in total. The molecule has 11 aliphatic rings. The van der Waals surface area contributed by atoms with E-state index >= 15 is 0 Å². The van der Waals surface area contributed by atoms with Crippen LogP contribution in [-0.2, 0) is 119 Å². The Balaban J connectivity index is 0.955. The van der Waals surface area contributed by atoms with E-state index in [2.05, 4.69) is 21.3 Å². The van der Waals surface area contributed by atoms with Gasteiger partial charge in [0.05, 0.1) is 71.7 Å². The number of nitrogens with one attached hydrogen (secondary N) is 4. The Hall–Kier alpha value is -4.12. The largest absolute Gasteiger partial charge is 0.394 e. The van der Waals surface area contributed by atoms with Crippen LogP contribution in [0, 0.1) is 0 Å². The standard InChI is InChI=1S/C74H124N4O54/c1-16-35(90)45(100)51(106)68(114-16)112-15-30-57(43(98)31(64(111)116-30)75-18(3)86)125-65-32(76-19(4)87)44(99)56(27(12-84)122-65)126-72-55(110)61(130-74-63(50(105)40(95)25(10-82)121-74)132-66-33(77-20(5)88)59(41(96)26(11-83)117-66)128-71-54(109)48(103)38(93)23(8-80)119-71)42(97)29(124-72)14-113-73-62(49(104)39(94)24(9-81)120-73)131-67-34(78-21(6)89)60(129-69-52(107)46(101)36(91)17(2)115-69)58(28(13-85)123-67)127-70-53(108)47(102)37(92)22(7-79)118-70/h16-17,22-74,79-85,90-111H,7-15H2,1-6H3,(H,75,86)(H,76,87)(H,77,88)(H,78,89)/t16-,17-,22+,23+,24+,25+,26+,27+,28+,29+,30+,31+,32+,33+,34+,35+,36+,37-,38-,39+,40+,41+,42+,43+,44+,45+,46+,47-,48-,49-,50-,51-,52-,53+,54+,55-,56+,57+,58+,59+,60+,61-,62-,63-,64+,65-,66-,67-,68+,69-,70-,71-,72-,73-,74+/m0/s1. The van der Waals surface area contributed by atoms with Crippen LogP contribution < -0.4 is 21.3 Å². The predicted molar refractivity (Wildman–Crippen MR) is 406 cm³/mol. The maximum absolute atomic E-state index is 13.5. The number of aliphatic hydroxyl groups excluding tert-OH is 29. The number of hydrogen-bond acceptors (Lipinski definition) is 54. The molecule has 4 amide bonds. The Bertz CT molecular complexity index is 3610. The third-order valence-corrected chi connectivity index (χ3v) is 24.5. The second kappa shape index (κ2) is 47.0. The van der Waals surface area contributed by atoms with Gasteiger partial charge in [0.1, 0.15) is 256 Å². The molecule has 11 heterocycles. The maximum atomic E-state index is 13.5. The van der Waals surface area contributed by atoms with Gasteiger partial charge in [0.15, 0.2) is 69.2 Å². The summed E-state index contributed by atoms with van der Waals surface area (Å²) >= 11 is 0. The third-order valence-electron chi connectivity index (χ3n) is 24.5. The highest BCUT2D eigenvalue weighted by molar-refractivity contribution is 5.74. The fourth-order valence-electron chi connectivity index (χ4n) is 17.2. The summed E-state index contributed by atoms with van der Waals surface area (Å²) in [7, 11) is 0. The topological polar surface area (TPSA) is 897 Å². The predicted octanol–water partition coefficient (Wildman–Crippen LogP) is -22.3. The number of aliphatic hydroxyl groups is 29. The van der Waals surface area contributed by atoms with E-state index in [1.165, 1.54) is 13.8 Å². The molecule has 11 rings (SSSR count). The SMILES string of the molecule is CC(=O)N[C@@H]1[C@@H](O)[C@H](O[C@@H]2O[C@H](CO)[C@@H](O[C@@H]3O[C@H](CO[C@H]4O[C@H](CO)[C@@H](O)[C@H](O)[C@@H]4O[C@@H]4O[C@H](CO)[C@@H](O[C@@H]5O[C@H](CO)[C@H](O)[C@H](O)[C@H]5O)[C@H](O[C@@H]5O[C@@H](C)[C@@H](O)[C@@H](O)[C@@H]5O)[C@H]4NC(C)=O)[C@@H](O)[C@H](O[C@H]4O[C@H](CO)[C@@H](O)[C@H](O)[C@@H]4O[C@@H]4O[C@H](CO)[C@@H](O)[C@H](O[C@@H]5O[C@H](CO)[C@H](O)[C@H](O)[C@H]5O)[C@H]4NC(C)=O)[C@@H]3O)[C@H](O)[C@H]2NC(C)=O)[C@@H](CO[C@@H]2O[C@@H](C)[C@@H](O)[C@@H](O)[C@@H]2O)O[C@H]1O. The summed E-state index contributed by atoms with van der Waals surface area (Å²) in [6.45, 7) is -4.14. The monoisotopic (exact) mass is 1930 g/mol. The van der Waals surface area contributed by atoms with Crippen LogP contribution >= 0.6 is 0 Å². The van der Waals surface area contributed by atoms with Crippen molar-refractivity contribution in [3.8, 4) is 0 Å². The first kappa shape index (κ1) is 108. The second-order valence-corrected chi connectivity index (χ2v) is 33.8. The number of amides is 4. The first-order valence-corrected chi connectivity index (χ1v) is 42.4. The lowest BCUT2D eigenvalue weighted by Gasteiger charge is -2.52. The Morgan fingerprint density at radius 1 is 0.212 bits per heavy atom. The van der Waals surface area contributed by atoms with Gasteiger partial charge < -0.3 is 269 Å². The average molecular weight is 1930 g/mol. The summed E-state index contributed by atoms with van der Waals surface area (Å²) in [5.41, 5.74) is 0. The number of carbonyl (C=O) groups excluding carboxylic acids is 4. The summed E-state index contributed by atoms with van der Waals surface area (Å²) in [6, 6.07) is -7.89. The fourth-order valence-corrected chi connectivity index (χ4v) is 17.2. The molecule has 11 aliphatic heterocycles. The molecule has 11 fully saturated rings. The zero-order valence-corrected chi connectivity index (χ0v) is 71.3. The molecule has 764 valence electrons. The molecule has 0 aromatic rings. The van der Waals surface area contributed by atoms with Crippen molar-refractivity contribution in [2.45, 2.75) is 379 Å². The van der Waals surface area contributed by atoms with Crippen molar-refractivity contribution in [1.29, 1.82) is 0 Å². The molecule has 0 aromatic heterocycles. The van der Waals surface area contributed by atoms with Gasteiger partial charge in [0.2, 0.25) is 23.6 Å². The van der Waals surface area contributed by atoms with Crippen molar-refractivity contribution >= 4 is 23.6 Å². The van der Waals surface area contributed by atoms with Crippen LogP contribution in [0.5, 0.6) is 0 Å².